The van der Waals surface area contributed by atoms with Gasteiger partial charge in [-0.25, -0.2) is 8.78 Å². The van der Waals surface area contributed by atoms with E-state index >= 15 is 0 Å². The van der Waals surface area contributed by atoms with Gasteiger partial charge in [0.25, 0.3) is 6.43 Å². The first-order valence-electron chi connectivity index (χ1n) is 4.68. The summed E-state index contributed by atoms with van der Waals surface area (Å²) in [5.41, 5.74) is 0.645. The van der Waals surface area contributed by atoms with E-state index in [4.69, 9.17) is 0 Å². The average molecular weight is 293 g/mol. The Morgan fingerprint density at radius 3 is 2.75 bits per heavy atom. The van der Waals surface area contributed by atoms with Crippen LogP contribution in [-0.2, 0) is 16.0 Å². The third-order valence-corrected chi connectivity index (χ3v) is 2.92. The van der Waals surface area contributed by atoms with Crippen molar-refractivity contribution in [2.45, 2.75) is 19.3 Å². The molecule has 0 heterocycles. The first kappa shape index (κ1) is 13.1. The van der Waals surface area contributed by atoms with Crippen LogP contribution in [0.25, 0.3) is 0 Å². The third-order valence-electron chi connectivity index (χ3n) is 2.15. The van der Waals surface area contributed by atoms with Gasteiger partial charge >= 0.3 is 5.97 Å². The van der Waals surface area contributed by atoms with Crippen molar-refractivity contribution in [2.24, 2.45) is 0 Å². The minimum Gasteiger partial charge on any atom is -0.469 e. The fraction of sp³-hybridized carbons (Fsp3) is 0.364. The zero-order valence-electron chi connectivity index (χ0n) is 8.67. The van der Waals surface area contributed by atoms with Crippen LogP contribution in [-0.4, -0.2) is 13.1 Å². The van der Waals surface area contributed by atoms with Gasteiger partial charge in [0.2, 0.25) is 0 Å². The fourth-order valence-electron chi connectivity index (χ4n) is 1.26. The molecule has 1 aromatic rings. The van der Waals surface area contributed by atoms with Crippen LogP contribution >= 0.6 is 15.9 Å². The molecule has 0 N–H and O–H groups in total. The standard InChI is InChI=1S/C11H11BrF2O2/c1-16-10(15)5-3-7-6-8(11(13)14)2-4-9(7)12/h2,4,6,11H,3,5H2,1H3. The van der Waals surface area contributed by atoms with Gasteiger partial charge in [-0.2, -0.15) is 0 Å². The quantitative estimate of drug-likeness (QED) is 0.794. The fourth-order valence-corrected chi connectivity index (χ4v) is 1.71. The molecule has 0 unspecified atom stereocenters. The van der Waals surface area contributed by atoms with Gasteiger partial charge in [-0.1, -0.05) is 22.0 Å². The summed E-state index contributed by atoms with van der Waals surface area (Å²) in [6.07, 6.45) is -1.93. The summed E-state index contributed by atoms with van der Waals surface area (Å²) in [6, 6.07) is 4.32. The molecule has 0 spiro atoms. The van der Waals surface area contributed by atoms with Crippen LogP contribution in [0.15, 0.2) is 22.7 Å². The molecule has 0 fully saturated rings. The summed E-state index contributed by atoms with van der Waals surface area (Å²) in [4.78, 5) is 10.9. The number of methoxy groups -OCH3 is 1. The van der Waals surface area contributed by atoms with E-state index in [0.29, 0.717) is 12.0 Å². The molecule has 0 bridgehead atoms. The molecule has 0 aliphatic heterocycles. The predicted molar refractivity (Wildman–Crippen MR) is 59.4 cm³/mol. The maximum Gasteiger partial charge on any atom is 0.305 e. The Hall–Kier alpha value is -0.970. The van der Waals surface area contributed by atoms with Crippen LogP contribution in [0.4, 0.5) is 8.78 Å². The van der Waals surface area contributed by atoms with Crippen LogP contribution < -0.4 is 0 Å². The van der Waals surface area contributed by atoms with Crippen molar-refractivity contribution in [3.05, 3.63) is 33.8 Å². The highest BCUT2D eigenvalue weighted by Crippen LogP contribution is 2.25. The number of carbonyl (C=O) groups excluding carboxylic acids is 1. The van der Waals surface area contributed by atoms with Gasteiger partial charge in [0.15, 0.2) is 0 Å². The zero-order chi connectivity index (χ0) is 12.1. The zero-order valence-corrected chi connectivity index (χ0v) is 10.3. The van der Waals surface area contributed by atoms with Crippen molar-refractivity contribution in [3.63, 3.8) is 0 Å². The minimum atomic E-state index is -2.50. The summed E-state index contributed by atoms with van der Waals surface area (Å²) in [5.74, 6) is -0.352. The lowest BCUT2D eigenvalue weighted by molar-refractivity contribution is -0.140. The summed E-state index contributed by atoms with van der Waals surface area (Å²) in [6.45, 7) is 0. The van der Waals surface area contributed by atoms with E-state index in [9.17, 15) is 13.6 Å². The van der Waals surface area contributed by atoms with Crippen LogP contribution in [0, 0.1) is 0 Å². The summed E-state index contributed by atoms with van der Waals surface area (Å²) in [7, 11) is 1.30. The number of alkyl halides is 2. The lowest BCUT2D eigenvalue weighted by Gasteiger charge is -2.06. The van der Waals surface area contributed by atoms with E-state index in [0.717, 1.165) is 4.47 Å². The molecular formula is C11H11BrF2O2. The Bertz CT molecular complexity index is 380. The van der Waals surface area contributed by atoms with Crippen LogP contribution in [0.5, 0.6) is 0 Å². The molecule has 2 nitrogen and oxygen atoms in total. The normalized spacial score (nSPS) is 10.6. The Morgan fingerprint density at radius 1 is 1.50 bits per heavy atom. The van der Waals surface area contributed by atoms with Crippen molar-refractivity contribution in [3.8, 4) is 0 Å². The first-order valence-corrected chi connectivity index (χ1v) is 5.47. The van der Waals surface area contributed by atoms with Gasteiger partial charge in [0, 0.05) is 16.5 Å². The number of halogens is 3. The van der Waals surface area contributed by atoms with Gasteiger partial charge in [0.1, 0.15) is 0 Å². The Balaban J connectivity index is 2.78. The Labute approximate surface area is 101 Å². The second-order valence-electron chi connectivity index (χ2n) is 3.23. The van der Waals surface area contributed by atoms with Gasteiger partial charge < -0.3 is 4.74 Å². The number of ether oxygens (including phenoxy) is 1. The second-order valence-corrected chi connectivity index (χ2v) is 4.08. The van der Waals surface area contributed by atoms with Crippen molar-refractivity contribution >= 4 is 21.9 Å². The molecule has 0 amide bonds. The second kappa shape index (κ2) is 5.94. The average Bonchev–Trinajstić information content (AvgIpc) is 2.27. The van der Waals surface area contributed by atoms with Gasteiger partial charge in [-0.05, 0) is 24.1 Å². The van der Waals surface area contributed by atoms with Gasteiger partial charge in [-0.15, -0.1) is 0 Å². The van der Waals surface area contributed by atoms with Crippen molar-refractivity contribution in [2.75, 3.05) is 7.11 Å². The molecule has 0 radical (unpaired) electrons. The minimum absolute atomic E-state index is 0.0388. The maximum atomic E-state index is 12.4. The SMILES string of the molecule is COC(=O)CCc1cc(C(F)F)ccc1Br. The Kier molecular flexibility index (Phi) is 4.86. The molecule has 0 atom stereocenters. The highest BCUT2D eigenvalue weighted by Gasteiger charge is 2.10. The van der Waals surface area contributed by atoms with E-state index in [1.54, 1.807) is 6.07 Å². The molecular weight excluding hydrogens is 282 g/mol. The number of rotatable bonds is 4. The topological polar surface area (TPSA) is 26.3 Å². The summed E-state index contributed by atoms with van der Waals surface area (Å²) >= 11 is 3.25. The molecule has 0 saturated carbocycles. The van der Waals surface area contributed by atoms with E-state index in [1.807, 2.05) is 0 Å². The van der Waals surface area contributed by atoms with E-state index in [-0.39, 0.29) is 18.0 Å². The molecule has 0 aliphatic rings. The van der Waals surface area contributed by atoms with Crippen LogP contribution in [0.1, 0.15) is 24.0 Å². The van der Waals surface area contributed by atoms with Gasteiger partial charge in [0.05, 0.1) is 7.11 Å². The van der Waals surface area contributed by atoms with E-state index < -0.39 is 6.43 Å². The van der Waals surface area contributed by atoms with Crippen molar-refractivity contribution in [1.29, 1.82) is 0 Å². The number of hydrogen-bond donors (Lipinski definition) is 0. The molecule has 5 heteroatoms. The molecule has 0 saturated heterocycles. The number of esters is 1. The van der Waals surface area contributed by atoms with Gasteiger partial charge in [-0.3, -0.25) is 4.79 Å². The summed E-state index contributed by atoms with van der Waals surface area (Å²) in [5, 5.41) is 0. The highest BCUT2D eigenvalue weighted by molar-refractivity contribution is 9.10. The van der Waals surface area contributed by atoms with Crippen molar-refractivity contribution < 1.29 is 18.3 Å². The van der Waals surface area contributed by atoms with E-state index in [2.05, 4.69) is 20.7 Å². The number of carbonyl (C=O) groups is 1. The lowest BCUT2D eigenvalue weighted by Crippen LogP contribution is -2.02. The third kappa shape index (κ3) is 3.56. The largest absolute Gasteiger partial charge is 0.469 e. The number of benzene rings is 1. The Morgan fingerprint density at radius 2 is 2.19 bits per heavy atom. The molecule has 0 aliphatic carbocycles. The molecule has 1 aromatic carbocycles. The van der Waals surface area contributed by atoms with Crippen LogP contribution in [0.2, 0.25) is 0 Å². The first-order chi connectivity index (χ1) is 7.54. The van der Waals surface area contributed by atoms with Crippen LogP contribution in [0.3, 0.4) is 0 Å². The number of hydrogen-bond acceptors (Lipinski definition) is 2. The molecule has 88 valence electrons. The number of aryl methyl sites for hydroxylation is 1. The predicted octanol–water partition coefficient (Wildman–Crippen LogP) is 3.49. The molecule has 1 rings (SSSR count). The summed E-state index contributed by atoms with van der Waals surface area (Å²) < 4.78 is 30.1. The lowest BCUT2D eigenvalue weighted by atomic mass is 10.1. The van der Waals surface area contributed by atoms with Crippen molar-refractivity contribution in [1.82, 2.24) is 0 Å². The molecule has 16 heavy (non-hydrogen) atoms. The highest BCUT2D eigenvalue weighted by atomic mass is 79.9. The smallest absolute Gasteiger partial charge is 0.305 e. The van der Waals surface area contributed by atoms with E-state index in [1.165, 1.54) is 19.2 Å². The monoisotopic (exact) mass is 292 g/mol. The molecule has 0 aromatic heterocycles. The maximum absolute atomic E-state index is 12.4.